The second kappa shape index (κ2) is 5.09. The van der Waals surface area contributed by atoms with Crippen molar-refractivity contribution in [2.45, 2.75) is 45.0 Å². The Morgan fingerprint density at radius 3 is 2.39 bits per heavy atom. The highest BCUT2D eigenvalue weighted by Crippen LogP contribution is 2.36. The van der Waals surface area contributed by atoms with E-state index in [-0.39, 0.29) is 11.9 Å². The van der Waals surface area contributed by atoms with Crippen molar-refractivity contribution in [3.8, 4) is 0 Å². The summed E-state index contributed by atoms with van der Waals surface area (Å²) < 4.78 is 10.3. The largest absolute Gasteiger partial charge is 0.460 e. The number of hydrogen-bond donors (Lipinski definition) is 1. The molecule has 0 aliphatic carbocycles. The average molecular weight is 255 g/mol. The van der Waals surface area contributed by atoms with Gasteiger partial charge in [0.25, 0.3) is 0 Å². The van der Waals surface area contributed by atoms with Gasteiger partial charge in [0.2, 0.25) is 0 Å². The zero-order chi connectivity index (χ0) is 13.3. The molecule has 2 aliphatic heterocycles. The minimum Gasteiger partial charge on any atom is -0.444 e. The van der Waals surface area contributed by atoms with E-state index in [0.717, 1.165) is 12.8 Å². The Morgan fingerprint density at radius 2 is 2.00 bits per heavy atom. The molecule has 5 nitrogen and oxygen atoms in total. The molecule has 18 heavy (non-hydrogen) atoms. The minimum absolute atomic E-state index is 0.230. The summed E-state index contributed by atoms with van der Waals surface area (Å²) >= 11 is 0. The van der Waals surface area contributed by atoms with Crippen LogP contribution in [0.3, 0.4) is 0 Å². The molecule has 2 rings (SSSR count). The second-order valence-electron chi connectivity index (χ2n) is 6.19. The van der Waals surface area contributed by atoms with E-state index in [9.17, 15) is 9.82 Å². The van der Waals surface area contributed by atoms with Crippen LogP contribution in [-0.2, 0) is 9.39 Å². The summed E-state index contributed by atoms with van der Waals surface area (Å²) in [5.41, 5.74) is -0.439. The Bertz CT molecular complexity index is 310. The van der Waals surface area contributed by atoms with Gasteiger partial charge in [0.15, 0.2) is 0 Å². The quantitative estimate of drug-likeness (QED) is 0.721. The molecule has 2 fully saturated rings. The molecule has 102 valence electrons. The van der Waals surface area contributed by atoms with Crippen molar-refractivity contribution in [3.05, 3.63) is 0 Å². The fourth-order valence-corrected chi connectivity index (χ4v) is 2.50. The van der Waals surface area contributed by atoms with Crippen LogP contribution in [0.4, 0.5) is 4.79 Å². The number of carbonyl (C=O) groups is 1. The van der Waals surface area contributed by atoms with Gasteiger partial charge in [-0.3, -0.25) is 0 Å². The highest BCUT2D eigenvalue weighted by Gasteiger charge is 2.43. The monoisotopic (exact) mass is 255 g/mol. The van der Waals surface area contributed by atoms with Crippen LogP contribution in [-0.4, -0.2) is 48.4 Å². The average Bonchev–Trinajstić information content (AvgIpc) is 2.25. The molecule has 0 saturated carbocycles. The highest BCUT2D eigenvalue weighted by atomic mass is 16.6. The molecule has 1 N–H and O–H groups in total. The predicted octanol–water partition coefficient (Wildman–Crippen LogP) is 1.51. The summed E-state index contributed by atoms with van der Waals surface area (Å²) in [5, 5.41) is 9.46. The van der Waals surface area contributed by atoms with Crippen molar-refractivity contribution in [2.75, 3.05) is 19.7 Å². The van der Waals surface area contributed by atoms with Gasteiger partial charge < -0.3 is 19.3 Å². The van der Waals surface area contributed by atoms with Gasteiger partial charge in [-0.1, -0.05) is 0 Å². The lowest BCUT2D eigenvalue weighted by Crippen LogP contribution is -2.48. The Hall–Kier alpha value is -0.745. The van der Waals surface area contributed by atoms with E-state index in [1.165, 1.54) is 0 Å². The standard InChI is InChI=1S/C12H22BNO4/c1-12(2,3)18-11(15)14-6-4-9(5-7-14)10-8-17-13(10)16/h9-10,16H,4-8H2,1-3H3. The predicted molar refractivity (Wildman–Crippen MR) is 68.2 cm³/mol. The van der Waals surface area contributed by atoms with E-state index in [4.69, 9.17) is 9.39 Å². The van der Waals surface area contributed by atoms with Crippen LogP contribution in [0.5, 0.6) is 0 Å². The van der Waals surface area contributed by atoms with Crippen molar-refractivity contribution in [2.24, 2.45) is 5.92 Å². The lowest BCUT2D eigenvalue weighted by Gasteiger charge is -2.40. The first-order chi connectivity index (χ1) is 8.37. The summed E-state index contributed by atoms with van der Waals surface area (Å²) in [6.45, 7) is 7.70. The molecule has 1 unspecified atom stereocenters. The third-order valence-electron chi connectivity index (χ3n) is 3.62. The van der Waals surface area contributed by atoms with Crippen LogP contribution < -0.4 is 0 Å². The normalized spacial score (nSPS) is 25.9. The van der Waals surface area contributed by atoms with Crippen LogP contribution in [0.2, 0.25) is 5.82 Å². The van der Waals surface area contributed by atoms with E-state index >= 15 is 0 Å². The maximum Gasteiger partial charge on any atom is 0.460 e. The van der Waals surface area contributed by atoms with Gasteiger partial charge in [0, 0.05) is 25.5 Å². The highest BCUT2D eigenvalue weighted by molar-refractivity contribution is 6.47. The van der Waals surface area contributed by atoms with Crippen LogP contribution >= 0.6 is 0 Å². The molecule has 0 spiro atoms. The topological polar surface area (TPSA) is 59.0 Å². The summed E-state index contributed by atoms with van der Waals surface area (Å²) in [7, 11) is -0.594. The van der Waals surface area contributed by atoms with Gasteiger partial charge in [0.05, 0.1) is 0 Å². The number of rotatable bonds is 1. The van der Waals surface area contributed by atoms with Gasteiger partial charge in [-0.15, -0.1) is 0 Å². The number of likely N-dealkylation sites (tertiary alicyclic amines) is 1. The van der Waals surface area contributed by atoms with E-state index in [1.807, 2.05) is 20.8 Å². The Balaban J connectivity index is 1.78. The van der Waals surface area contributed by atoms with Crippen LogP contribution in [0.15, 0.2) is 0 Å². The molecule has 2 aliphatic rings. The molecule has 0 aromatic carbocycles. The molecule has 0 aromatic rings. The fraction of sp³-hybridized carbons (Fsp3) is 0.917. The summed E-state index contributed by atoms with van der Waals surface area (Å²) in [5.74, 6) is 0.721. The van der Waals surface area contributed by atoms with E-state index in [1.54, 1.807) is 4.90 Å². The van der Waals surface area contributed by atoms with Crippen LogP contribution in [0, 0.1) is 5.92 Å². The molecule has 1 amide bonds. The first-order valence-corrected chi connectivity index (χ1v) is 6.64. The Morgan fingerprint density at radius 1 is 1.39 bits per heavy atom. The Labute approximate surface area is 109 Å². The second-order valence-corrected chi connectivity index (χ2v) is 6.19. The van der Waals surface area contributed by atoms with Crippen molar-refractivity contribution in [1.29, 1.82) is 0 Å². The molecule has 2 heterocycles. The van der Waals surface area contributed by atoms with Crippen molar-refractivity contribution < 1.29 is 19.2 Å². The van der Waals surface area contributed by atoms with Crippen molar-refractivity contribution in [3.63, 3.8) is 0 Å². The molecule has 1 atom stereocenters. The van der Waals surface area contributed by atoms with Crippen LogP contribution in [0.1, 0.15) is 33.6 Å². The van der Waals surface area contributed by atoms with Gasteiger partial charge >= 0.3 is 13.2 Å². The first-order valence-electron chi connectivity index (χ1n) is 6.64. The summed E-state index contributed by atoms with van der Waals surface area (Å²) in [6, 6.07) is 0. The molecular formula is C12H22BNO4. The van der Waals surface area contributed by atoms with E-state index in [0.29, 0.717) is 25.6 Å². The van der Waals surface area contributed by atoms with E-state index in [2.05, 4.69) is 0 Å². The number of nitrogens with zero attached hydrogens (tertiary/aromatic N) is 1. The zero-order valence-electron chi connectivity index (χ0n) is 11.4. The molecule has 0 bridgehead atoms. The smallest absolute Gasteiger partial charge is 0.444 e. The number of piperidine rings is 1. The number of amides is 1. The number of carbonyl (C=O) groups excluding carboxylic acids is 1. The minimum atomic E-state index is -0.594. The maximum absolute atomic E-state index is 11.9. The third kappa shape index (κ3) is 3.17. The maximum atomic E-state index is 11.9. The van der Waals surface area contributed by atoms with E-state index < -0.39 is 12.7 Å². The fourth-order valence-electron chi connectivity index (χ4n) is 2.50. The van der Waals surface area contributed by atoms with Gasteiger partial charge in [0.1, 0.15) is 5.60 Å². The summed E-state index contributed by atoms with van der Waals surface area (Å²) in [6.07, 6.45) is 1.61. The molecule has 2 saturated heterocycles. The summed E-state index contributed by atoms with van der Waals surface area (Å²) in [4.78, 5) is 13.6. The molecular weight excluding hydrogens is 233 g/mol. The number of ether oxygens (including phenoxy) is 1. The first kappa shape index (κ1) is 13.7. The van der Waals surface area contributed by atoms with Crippen molar-refractivity contribution in [1.82, 2.24) is 4.90 Å². The molecule has 0 radical (unpaired) electrons. The molecule has 6 heteroatoms. The third-order valence-corrected chi connectivity index (χ3v) is 3.62. The molecule has 0 aromatic heterocycles. The Kier molecular flexibility index (Phi) is 3.87. The zero-order valence-corrected chi connectivity index (χ0v) is 11.4. The van der Waals surface area contributed by atoms with Gasteiger partial charge in [-0.05, 0) is 39.5 Å². The number of hydrogen-bond acceptors (Lipinski definition) is 4. The van der Waals surface area contributed by atoms with Crippen molar-refractivity contribution >= 4 is 13.2 Å². The van der Waals surface area contributed by atoms with Crippen LogP contribution in [0.25, 0.3) is 0 Å². The van der Waals surface area contributed by atoms with Gasteiger partial charge in [-0.2, -0.15) is 0 Å². The lowest BCUT2D eigenvalue weighted by atomic mass is 9.59. The van der Waals surface area contributed by atoms with Gasteiger partial charge in [-0.25, -0.2) is 4.79 Å². The SMILES string of the molecule is CC(C)(C)OC(=O)N1CCC(C2COB2O)CC1. The lowest BCUT2D eigenvalue weighted by molar-refractivity contribution is 0.0152.